The third-order valence-corrected chi connectivity index (χ3v) is 5.51. The van der Waals surface area contributed by atoms with Crippen LogP contribution < -0.4 is 19.9 Å². The van der Waals surface area contributed by atoms with E-state index in [0.29, 0.717) is 39.1 Å². The molecule has 0 aliphatic carbocycles. The van der Waals surface area contributed by atoms with Gasteiger partial charge in [-0.25, -0.2) is 0 Å². The first-order chi connectivity index (χ1) is 15.5. The summed E-state index contributed by atoms with van der Waals surface area (Å²) in [4.78, 5) is 0. The third kappa shape index (κ3) is 3.58. The van der Waals surface area contributed by atoms with E-state index in [-0.39, 0.29) is 18.1 Å². The lowest BCUT2D eigenvalue weighted by atomic mass is 9.84. The van der Waals surface area contributed by atoms with E-state index >= 15 is 0 Å². The molecular weight excluding hydrogens is 430 g/mol. The van der Waals surface area contributed by atoms with Crippen molar-refractivity contribution >= 4 is 11.6 Å². The second kappa shape index (κ2) is 8.54. The van der Waals surface area contributed by atoms with Crippen LogP contribution in [0.3, 0.4) is 0 Å². The van der Waals surface area contributed by atoms with E-state index in [0.717, 1.165) is 11.3 Å². The van der Waals surface area contributed by atoms with Crippen LogP contribution in [0.2, 0.25) is 5.02 Å². The van der Waals surface area contributed by atoms with Gasteiger partial charge >= 0.3 is 0 Å². The lowest BCUT2D eigenvalue weighted by Gasteiger charge is -2.24. The van der Waals surface area contributed by atoms with E-state index in [4.69, 9.17) is 31.5 Å². The maximum absolute atomic E-state index is 9.74. The van der Waals surface area contributed by atoms with Crippen LogP contribution in [0.5, 0.6) is 17.4 Å². The molecule has 1 aliphatic rings. The van der Waals surface area contributed by atoms with Crippen LogP contribution in [0.4, 0.5) is 0 Å². The van der Waals surface area contributed by atoms with E-state index in [9.17, 15) is 10.5 Å². The quantitative estimate of drug-likeness (QED) is 0.603. The van der Waals surface area contributed by atoms with Gasteiger partial charge in [0.15, 0.2) is 11.5 Å². The Morgan fingerprint density at radius 2 is 2.03 bits per heavy atom. The molecule has 0 fully saturated rings. The fraction of sp³-hybridized carbons (Fsp3) is 0.174. The number of ether oxygens (including phenoxy) is 3. The predicted octanol–water partition coefficient (Wildman–Crippen LogP) is 4.05. The minimum Gasteiger partial charge on any atom is -0.493 e. The van der Waals surface area contributed by atoms with Gasteiger partial charge in [-0.2, -0.15) is 10.5 Å². The summed E-state index contributed by atoms with van der Waals surface area (Å²) < 4.78 is 17.0. The van der Waals surface area contributed by atoms with Gasteiger partial charge in [-0.05, 0) is 30.7 Å². The van der Waals surface area contributed by atoms with Crippen LogP contribution in [0, 0.1) is 29.6 Å². The van der Waals surface area contributed by atoms with Crippen LogP contribution in [0.1, 0.15) is 33.9 Å². The number of hydrogen-bond donors (Lipinski definition) is 2. The zero-order valence-corrected chi connectivity index (χ0v) is 18.0. The summed E-state index contributed by atoms with van der Waals surface area (Å²) >= 11 is 6.59. The molecule has 2 aromatic carbocycles. The Bertz CT molecular complexity index is 1320. The number of rotatable bonds is 5. The minimum atomic E-state index is -0.540. The van der Waals surface area contributed by atoms with Crippen molar-refractivity contribution in [3.8, 4) is 29.5 Å². The summed E-state index contributed by atoms with van der Waals surface area (Å²) in [5.74, 6) is 0.471. The monoisotopic (exact) mass is 447 g/mol. The average molecular weight is 448 g/mol. The number of benzene rings is 2. The van der Waals surface area contributed by atoms with Crippen LogP contribution >= 0.6 is 11.6 Å². The van der Waals surface area contributed by atoms with E-state index in [1.807, 2.05) is 19.1 Å². The Labute approximate surface area is 189 Å². The number of nitrogens with two attached hydrogens (primary N) is 1. The Kier molecular flexibility index (Phi) is 5.63. The number of nitrogens with zero attached hydrogens (tertiary/aromatic N) is 3. The molecule has 0 saturated heterocycles. The Morgan fingerprint density at radius 3 is 2.75 bits per heavy atom. The standard InChI is InChI=1S/C23H18ClN5O3/c1-12-19-20(16(10-26)22(27)32-23(19)29-28-12)15-7-17(24)21(18(8-15)30-2)31-11-14-6-4-3-5-13(14)9-25/h3-8,20H,11,27H2,1-2H3,(H,28,29)/t20-/m0/s1. The molecule has 32 heavy (non-hydrogen) atoms. The number of nitrogens with one attached hydrogen (secondary N) is 1. The van der Waals surface area contributed by atoms with Crippen LogP contribution in [-0.2, 0) is 6.61 Å². The predicted molar refractivity (Wildman–Crippen MR) is 116 cm³/mol. The number of nitriles is 2. The molecule has 0 amide bonds. The highest BCUT2D eigenvalue weighted by molar-refractivity contribution is 6.32. The van der Waals surface area contributed by atoms with Gasteiger partial charge in [0.1, 0.15) is 18.2 Å². The molecular formula is C23H18ClN5O3. The van der Waals surface area contributed by atoms with Crippen molar-refractivity contribution in [2.45, 2.75) is 19.4 Å². The first kappa shape index (κ1) is 21.1. The molecule has 3 aromatic rings. The van der Waals surface area contributed by atoms with Crippen molar-refractivity contribution in [1.29, 1.82) is 10.5 Å². The van der Waals surface area contributed by atoms with Crippen molar-refractivity contribution in [3.63, 3.8) is 0 Å². The van der Waals surface area contributed by atoms with E-state index in [1.54, 1.807) is 24.3 Å². The first-order valence-electron chi connectivity index (χ1n) is 9.59. The highest BCUT2D eigenvalue weighted by Gasteiger charge is 2.35. The minimum absolute atomic E-state index is 0.0139. The van der Waals surface area contributed by atoms with Crippen molar-refractivity contribution in [2.75, 3.05) is 7.11 Å². The molecule has 3 N–H and O–H groups in total. The molecule has 9 heteroatoms. The van der Waals surface area contributed by atoms with Crippen molar-refractivity contribution < 1.29 is 14.2 Å². The fourth-order valence-corrected chi connectivity index (χ4v) is 3.96. The maximum atomic E-state index is 9.74. The summed E-state index contributed by atoms with van der Waals surface area (Å²) in [7, 11) is 1.50. The number of H-pyrrole nitrogens is 1. The van der Waals surface area contributed by atoms with Crippen LogP contribution in [0.15, 0.2) is 47.9 Å². The third-order valence-electron chi connectivity index (χ3n) is 5.22. The Balaban J connectivity index is 1.75. The number of halogens is 1. The number of fused-ring (bicyclic) bond motifs is 1. The smallest absolute Gasteiger partial charge is 0.244 e. The molecule has 1 aromatic heterocycles. The van der Waals surface area contributed by atoms with Crippen molar-refractivity contribution in [1.82, 2.24) is 10.2 Å². The van der Waals surface area contributed by atoms with E-state index in [2.05, 4.69) is 22.3 Å². The second-order valence-corrected chi connectivity index (χ2v) is 7.49. The molecule has 0 spiro atoms. The van der Waals surface area contributed by atoms with Gasteiger partial charge in [0.2, 0.25) is 11.8 Å². The highest BCUT2D eigenvalue weighted by atomic mass is 35.5. The zero-order chi connectivity index (χ0) is 22.8. The SMILES string of the molecule is COc1cc([C@H]2C(C#N)=C(N)Oc3n[nH]c(C)c32)cc(Cl)c1OCc1ccccc1C#N. The van der Waals surface area contributed by atoms with Crippen molar-refractivity contribution in [3.05, 3.63) is 80.8 Å². The normalized spacial score (nSPS) is 14.7. The first-order valence-corrected chi connectivity index (χ1v) is 9.97. The summed E-state index contributed by atoms with van der Waals surface area (Å²) in [6.45, 7) is 1.97. The van der Waals surface area contributed by atoms with Gasteiger partial charge in [-0.1, -0.05) is 29.8 Å². The Morgan fingerprint density at radius 1 is 1.25 bits per heavy atom. The fourth-order valence-electron chi connectivity index (χ4n) is 3.68. The topological polar surface area (TPSA) is 130 Å². The molecule has 1 atom stereocenters. The van der Waals surface area contributed by atoms with Crippen LogP contribution in [-0.4, -0.2) is 17.3 Å². The second-order valence-electron chi connectivity index (χ2n) is 7.08. The lowest BCUT2D eigenvalue weighted by molar-refractivity contribution is 0.284. The molecule has 8 nitrogen and oxygen atoms in total. The highest BCUT2D eigenvalue weighted by Crippen LogP contribution is 2.46. The summed E-state index contributed by atoms with van der Waals surface area (Å²) in [5, 5.41) is 26.3. The molecule has 0 saturated carbocycles. The van der Waals surface area contributed by atoms with E-state index < -0.39 is 5.92 Å². The zero-order valence-electron chi connectivity index (χ0n) is 17.3. The van der Waals surface area contributed by atoms with Gasteiger partial charge in [0.25, 0.3) is 0 Å². The molecule has 160 valence electrons. The van der Waals surface area contributed by atoms with Crippen molar-refractivity contribution in [2.24, 2.45) is 5.73 Å². The molecule has 2 heterocycles. The maximum Gasteiger partial charge on any atom is 0.244 e. The van der Waals surface area contributed by atoms with Gasteiger partial charge in [0.05, 0.1) is 29.7 Å². The number of methoxy groups -OCH3 is 1. The summed E-state index contributed by atoms with van der Waals surface area (Å²) in [5.41, 5.74) is 9.59. The number of aryl methyl sites for hydroxylation is 1. The van der Waals surface area contributed by atoms with Gasteiger partial charge in [0, 0.05) is 16.8 Å². The lowest BCUT2D eigenvalue weighted by Crippen LogP contribution is -2.21. The molecule has 0 unspecified atom stereocenters. The molecule has 0 bridgehead atoms. The van der Waals surface area contributed by atoms with Gasteiger partial charge in [-0.3, -0.25) is 5.10 Å². The number of aromatic amines is 1. The largest absolute Gasteiger partial charge is 0.493 e. The summed E-state index contributed by atoms with van der Waals surface area (Å²) in [6, 6.07) is 14.9. The number of allylic oxidation sites excluding steroid dienone is 1. The van der Waals surface area contributed by atoms with E-state index in [1.165, 1.54) is 7.11 Å². The molecule has 1 aliphatic heterocycles. The Hall–Kier alpha value is -4.14. The van der Waals surface area contributed by atoms with Gasteiger partial charge in [-0.15, -0.1) is 5.10 Å². The summed E-state index contributed by atoms with van der Waals surface area (Å²) in [6.07, 6.45) is 0. The average Bonchev–Trinajstić information content (AvgIpc) is 3.16. The van der Waals surface area contributed by atoms with Gasteiger partial charge < -0.3 is 19.9 Å². The number of hydrogen-bond acceptors (Lipinski definition) is 7. The molecule has 0 radical (unpaired) electrons. The number of aromatic nitrogens is 2. The van der Waals surface area contributed by atoms with Crippen LogP contribution in [0.25, 0.3) is 0 Å². The molecule has 4 rings (SSSR count).